The number of aromatic nitrogens is 1. The van der Waals surface area contributed by atoms with Crippen LogP contribution in [0.5, 0.6) is 0 Å². The van der Waals surface area contributed by atoms with Gasteiger partial charge in [0.25, 0.3) is 11.2 Å². The van der Waals surface area contributed by atoms with Crippen molar-refractivity contribution < 1.29 is 9.72 Å². The second kappa shape index (κ2) is 6.87. The van der Waals surface area contributed by atoms with Gasteiger partial charge in [0.05, 0.1) is 10.6 Å². The molecule has 0 radical (unpaired) electrons. The topological polar surface area (TPSA) is 94.2 Å². The zero-order chi connectivity index (χ0) is 17.0. The smallest absolute Gasteiger partial charge is 0.288 e. The van der Waals surface area contributed by atoms with Crippen molar-refractivity contribution >= 4 is 17.3 Å². The average molecular weight is 315 g/mol. The molecular formula is C16H17N3O4. The molecule has 1 heterocycles. The molecule has 0 saturated heterocycles. The third-order valence-electron chi connectivity index (χ3n) is 3.60. The Balaban J connectivity index is 2.26. The largest absolute Gasteiger partial charge is 0.324 e. The number of pyridine rings is 1. The molecule has 0 saturated carbocycles. The number of rotatable bonds is 5. The van der Waals surface area contributed by atoms with Crippen molar-refractivity contribution in [1.82, 2.24) is 4.57 Å². The molecule has 120 valence electrons. The van der Waals surface area contributed by atoms with Crippen molar-refractivity contribution in [1.29, 1.82) is 0 Å². The summed E-state index contributed by atoms with van der Waals surface area (Å²) in [6.07, 6.45) is 0.756. The lowest BCUT2D eigenvalue weighted by atomic mass is 10.1. The van der Waals surface area contributed by atoms with Gasteiger partial charge in [-0.15, -0.1) is 0 Å². The Kier molecular flexibility index (Phi) is 4.90. The minimum atomic E-state index is -0.574. The Hall–Kier alpha value is -2.96. The summed E-state index contributed by atoms with van der Waals surface area (Å²) < 4.78 is 1.10. The second-order valence-corrected chi connectivity index (χ2v) is 5.04. The molecule has 23 heavy (non-hydrogen) atoms. The molecule has 0 spiro atoms. The fourth-order valence-corrected chi connectivity index (χ4v) is 2.34. The van der Waals surface area contributed by atoms with Crippen LogP contribution in [0.25, 0.3) is 0 Å². The summed E-state index contributed by atoms with van der Waals surface area (Å²) in [6, 6.07) is 9.61. The zero-order valence-electron chi connectivity index (χ0n) is 12.9. The van der Waals surface area contributed by atoms with Crippen LogP contribution in [0.3, 0.4) is 0 Å². The van der Waals surface area contributed by atoms with Crippen LogP contribution < -0.4 is 10.9 Å². The van der Waals surface area contributed by atoms with Gasteiger partial charge in [0.1, 0.15) is 6.54 Å². The lowest BCUT2D eigenvalue weighted by Crippen LogP contribution is -2.29. The first kappa shape index (κ1) is 16.4. The number of aryl methyl sites for hydroxylation is 1. The lowest BCUT2D eigenvalue weighted by Gasteiger charge is -2.12. The average Bonchev–Trinajstić information content (AvgIpc) is 2.51. The SMILES string of the molecule is CCc1ccccc1NC(=O)Cn1c(C)c([N+](=O)[O-])ccc1=O. The van der Waals surface area contributed by atoms with Gasteiger partial charge < -0.3 is 5.32 Å². The fourth-order valence-electron chi connectivity index (χ4n) is 2.34. The van der Waals surface area contributed by atoms with E-state index in [4.69, 9.17) is 0 Å². The third kappa shape index (κ3) is 3.63. The standard InChI is InChI=1S/C16H17N3O4/c1-3-12-6-4-5-7-13(12)17-15(20)10-18-11(2)14(19(22)23)8-9-16(18)21/h4-9H,3,10H2,1-2H3,(H,17,20). The highest BCUT2D eigenvalue weighted by Gasteiger charge is 2.17. The number of hydrogen-bond acceptors (Lipinski definition) is 4. The van der Waals surface area contributed by atoms with Crippen LogP contribution in [0, 0.1) is 17.0 Å². The van der Waals surface area contributed by atoms with Crippen LogP contribution in [-0.2, 0) is 17.8 Å². The fraction of sp³-hybridized carbons (Fsp3) is 0.250. The summed E-state index contributed by atoms with van der Waals surface area (Å²) in [7, 11) is 0. The molecule has 7 heteroatoms. The second-order valence-electron chi connectivity index (χ2n) is 5.04. The molecule has 1 aromatic heterocycles. The van der Waals surface area contributed by atoms with Crippen molar-refractivity contribution in [3.63, 3.8) is 0 Å². The van der Waals surface area contributed by atoms with Crippen molar-refractivity contribution in [2.24, 2.45) is 0 Å². The molecule has 0 fully saturated rings. The van der Waals surface area contributed by atoms with E-state index in [2.05, 4.69) is 5.32 Å². The van der Waals surface area contributed by atoms with Gasteiger partial charge in [0.15, 0.2) is 0 Å². The van der Waals surface area contributed by atoms with E-state index in [9.17, 15) is 19.7 Å². The van der Waals surface area contributed by atoms with Gasteiger partial charge in [-0.05, 0) is 25.0 Å². The van der Waals surface area contributed by atoms with Crippen molar-refractivity contribution in [3.8, 4) is 0 Å². The Morgan fingerprint density at radius 1 is 1.26 bits per heavy atom. The number of benzene rings is 1. The maximum absolute atomic E-state index is 12.2. The number of nitrogens with one attached hydrogen (secondary N) is 1. The summed E-state index contributed by atoms with van der Waals surface area (Å²) in [5, 5.41) is 13.7. The van der Waals surface area contributed by atoms with E-state index in [0.717, 1.165) is 28.7 Å². The van der Waals surface area contributed by atoms with E-state index >= 15 is 0 Å². The van der Waals surface area contributed by atoms with Gasteiger partial charge in [-0.3, -0.25) is 24.3 Å². The molecule has 2 aromatic rings. The Morgan fingerprint density at radius 2 is 1.96 bits per heavy atom. The Labute approximate surface area is 132 Å². The highest BCUT2D eigenvalue weighted by molar-refractivity contribution is 5.91. The van der Waals surface area contributed by atoms with Gasteiger partial charge in [-0.1, -0.05) is 25.1 Å². The molecule has 7 nitrogen and oxygen atoms in total. The van der Waals surface area contributed by atoms with E-state index < -0.39 is 16.4 Å². The summed E-state index contributed by atoms with van der Waals surface area (Å²) in [4.78, 5) is 34.4. The monoisotopic (exact) mass is 315 g/mol. The molecule has 2 rings (SSSR count). The molecule has 1 aromatic carbocycles. The number of nitro groups is 1. The molecular weight excluding hydrogens is 298 g/mol. The summed E-state index contributed by atoms with van der Waals surface area (Å²) >= 11 is 0. The van der Waals surface area contributed by atoms with E-state index in [0.29, 0.717) is 5.69 Å². The van der Waals surface area contributed by atoms with Crippen LogP contribution in [-0.4, -0.2) is 15.4 Å². The van der Waals surface area contributed by atoms with E-state index in [1.54, 1.807) is 12.1 Å². The molecule has 0 bridgehead atoms. The van der Waals surface area contributed by atoms with Crippen LogP contribution in [0.4, 0.5) is 11.4 Å². The molecule has 0 aliphatic carbocycles. The quantitative estimate of drug-likeness (QED) is 0.676. The first-order chi connectivity index (χ1) is 10.9. The number of nitrogens with zero attached hydrogens (tertiary/aromatic N) is 2. The van der Waals surface area contributed by atoms with Crippen molar-refractivity contribution in [2.45, 2.75) is 26.8 Å². The van der Waals surface area contributed by atoms with Crippen molar-refractivity contribution in [2.75, 3.05) is 5.32 Å². The number of para-hydroxylation sites is 1. The molecule has 1 amide bonds. The molecule has 0 atom stereocenters. The first-order valence-corrected chi connectivity index (χ1v) is 7.16. The van der Waals surface area contributed by atoms with Crippen LogP contribution in [0.15, 0.2) is 41.2 Å². The zero-order valence-corrected chi connectivity index (χ0v) is 12.9. The predicted molar refractivity (Wildman–Crippen MR) is 86.5 cm³/mol. The number of amides is 1. The summed E-state index contributed by atoms with van der Waals surface area (Å²) in [5.41, 5.74) is 1.17. The normalized spacial score (nSPS) is 10.3. The van der Waals surface area contributed by atoms with Gasteiger partial charge in [0.2, 0.25) is 5.91 Å². The first-order valence-electron chi connectivity index (χ1n) is 7.16. The number of anilines is 1. The maximum Gasteiger partial charge on any atom is 0.288 e. The Bertz CT molecular complexity index is 811. The molecule has 1 N–H and O–H groups in total. The molecule has 0 unspecified atom stereocenters. The number of hydrogen-bond donors (Lipinski definition) is 1. The molecule has 0 aliphatic rings. The highest BCUT2D eigenvalue weighted by atomic mass is 16.6. The van der Waals surface area contributed by atoms with E-state index in [1.807, 2.05) is 19.1 Å². The van der Waals surface area contributed by atoms with E-state index in [1.165, 1.54) is 6.92 Å². The summed E-state index contributed by atoms with van der Waals surface area (Å²) in [6.45, 7) is 3.15. The lowest BCUT2D eigenvalue weighted by molar-refractivity contribution is -0.386. The van der Waals surface area contributed by atoms with E-state index in [-0.39, 0.29) is 17.9 Å². The predicted octanol–water partition coefficient (Wildman–Crippen LogP) is 2.27. The van der Waals surface area contributed by atoms with Gasteiger partial charge >= 0.3 is 0 Å². The number of carbonyl (C=O) groups is 1. The van der Waals surface area contributed by atoms with Crippen LogP contribution >= 0.6 is 0 Å². The number of carbonyl (C=O) groups excluding carboxylic acids is 1. The maximum atomic E-state index is 12.2. The van der Waals surface area contributed by atoms with Gasteiger partial charge in [-0.2, -0.15) is 0 Å². The van der Waals surface area contributed by atoms with Gasteiger partial charge in [0, 0.05) is 17.8 Å². The molecule has 0 aliphatic heterocycles. The van der Waals surface area contributed by atoms with Gasteiger partial charge in [-0.25, -0.2) is 0 Å². The minimum absolute atomic E-state index is 0.154. The summed E-state index contributed by atoms with van der Waals surface area (Å²) in [5.74, 6) is -0.406. The highest BCUT2D eigenvalue weighted by Crippen LogP contribution is 2.17. The minimum Gasteiger partial charge on any atom is -0.324 e. The third-order valence-corrected chi connectivity index (χ3v) is 3.60. The Morgan fingerprint density at radius 3 is 2.61 bits per heavy atom. The van der Waals surface area contributed by atoms with Crippen molar-refractivity contribution in [3.05, 3.63) is 68.1 Å². The van der Waals surface area contributed by atoms with Crippen LogP contribution in [0.2, 0.25) is 0 Å². The van der Waals surface area contributed by atoms with Crippen LogP contribution in [0.1, 0.15) is 18.2 Å².